The van der Waals surface area contributed by atoms with Gasteiger partial charge in [-0.2, -0.15) is 5.10 Å². The van der Waals surface area contributed by atoms with E-state index in [2.05, 4.69) is 47.3 Å². The van der Waals surface area contributed by atoms with Gasteiger partial charge >= 0.3 is 0 Å². The molecule has 0 bridgehead atoms. The minimum atomic E-state index is -0.172. The lowest BCUT2D eigenvalue weighted by molar-refractivity contribution is -0.135. The first kappa shape index (κ1) is 18.6. The molecule has 1 fully saturated rings. The van der Waals surface area contributed by atoms with Crippen molar-refractivity contribution >= 4 is 5.91 Å². The van der Waals surface area contributed by atoms with Gasteiger partial charge in [-0.25, -0.2) is 0 Å². The van der Waals surface area contributed by atoms with Crippen molar-refractivity contribution in [1.82, 2.24) is 19.6 Å². The van der Waals surface area contributed by atoms with E-state index < -0.39 is 0 Å². The Morgan fingerprint density at radius 1 is 1.12 bits per heavy atom. The highest BCUT2D eigenvalue weighted by molar-refractivity contribution is 5.80. The van der Waals surface area contributed by atoms with Gasteiger partial charge in [0.15, 0.2) is 0 Å². The van der Waals surface area contributed by atoms with Crippen LogP contribution >= 0.6 is 0 Å². The molecule has 1 aliphatic rings. The van der Waals surface area contributed by atoms with Crippen molar-refractivity contribution in [3.8, 4) is 0 Å². The summed E-state index contributed by atoms with van der Waals surface area (Å²) < 4.78 is 1.80. The molecule has 1 unspecified atom stereocenters. The minimum Gasteiger partial charge on any atom is -0.340 e. The average Bonchev–Trinajstić information content (AvgIpc) is 3.09. The van der Waals surface area contributed by atoms with E-state index in [1.165, 1.54) is 12.0 Å². The van der Waals surface area contributed by atoms with Crippen LogP contribution in [0.1, 0.15) is 37.8 Å². The highest BCUT2D eigenvalue weighted by Crippen LogP contribution is 2.16. The molecular formula is C21H30N4O. The van der Waals surface area contributed by atoms with Gasteiger partial charge in [-0.05, 0) is 50.4 Å². The standard InChI is InChI=1S/C21H30N4O/c1-2-20(25-16-7-12-22-25)21(26)24-15-8-14-23(17-18-24)13-6-11-19-9-4-3-5-10-19/h3-5,7,9-10,12,16,20H,2,6,8,11,13-15,17-18H2,1H3. The Kier molecular flexibility index (Phi) is 6.83. The Morgan fingerprint density at radius 2 is 1.96 bits per heavy atom. The van der Waals surface area contributed by atoms with Crippen LogP contribution < -0.4 is 0 Å². The van der Waals surface area contributed by atoms with Gasteiger partial charge in [0.05, 0.1) is 0 Å². The molecule has 1 atom stereocenters. The predicted octanol–water partition coefficient (Wildman–Crippen LogP) is 3.00. The summed E-state index contributed by atoms with van der Waals surface area (Å²) in [6.07, 6.45) is 7.75. The molecule has 140 valence electrons. The van der Waals surface area contributed by atoms with Gasteiger partial charge in [-0.15, -0.1) is 0 Å². The van der Waals surface area contributed by atoms with Gasteiger partial charge in [0.1, 0.15) is 6.04 Å². The SMILES string of the molecule is CCC(C(=O)N1CCCN(CCCc2ccccc2)CC1)n1cccn1. The van der Waals surface area contributed by atoms with Gasteiger partial charge in [0, 0.05) is 32.0 Å². The first-order valence-corrected chi connectivity index (χ1v) is 9.82. The molecular weight excluding hydrogens is 324 g/mol. The Balaban J connectivity index is 1.47. The van der Waals surface area contributed by atoms with E-state index in [9.17, 15) is 4.79 Å². The van der Waals surface area contributed by atoms with E-state index >= 15 is 0 Å². The molecule has 2 aromatic rings. The predicted molar refractivity (Wildman–Crippen MR) is 104 cm³/mol. The van der Waals surface area contributed by atoms with Crippen molar-refractivity contribution in [2.45, 2.75) is 38.6 Å². The van der Waals surface area contributed by atoms with E-state index in [-0.39, 0.29) is 11.9 Å². The number of nitrogens with zero attached hydrogens (tertiary/aromatic N) is 4. The summed E-state index contributed by atoms with van der Waals surface area (Å²) in [6.45, 7) is 6.88. The van der Waals surface area contributed by atoms with E-state index in [1.54, 1.807) is 10.9 Å². The monoisotopic (exact) mass is 354 g/mol. The van der Waals surface area contributed by atoms with Crippen molar-refractivity contribution in [2.24, 2.45) is 0 Å². The Labute approximate surface area is 156 Å². The van der Waals surface area contributed by atoms with Crippen LogP contribution in [0.4, 0.5) is 0 Å². The summed E-state index contributed by atoms with van der Waals surface area (Å²) >= 11 is 0. The lowest BCUT2D eigenvalue weighted by Crippen LogP contribution is -2.40. The third-order valence-corrected chi connectivity index (χ3v) is 5.20. The molecule has 1 amide bonds. The number of aromatic nitrogens is 2. The lowest BCUT2D eigenvalue weighted by Gasteiger charge is -2.26. The van der Waals surface area contributed by atoms with Crippen molar-refractivity contribution in [3.05, 3.63) is 54.4 Å². The lowest BCUT2D eigenvalue weighted by atomic mass is 10.1. The van der Waals surface area contributed by atoms with Crippen LogP contribution in [0.15, 0.2) is 48.8 Å². The van der Waals surface area contributed by atoms with Crippen LogP contribution in [-0.4, -0.2) is 58.2 Å². The van der Waals surface area contributed by atoms with Crippen molar-refractivity contribution in [2.75, 3.05) is 32.7 Å². The van der Waals surface area contributed by atoms with Gasteiger partial charge in [0.2, 0.25) is 5.91 Å². The molecule has 5 heteroatoms. The first-order chi connectivity index (χ1) is 12.8. The molecule has 1 aliphatic heterocycles. The van der Waals surface area contributed by atoms with Crippen LogP contribution in [0, 0.1) is 0 Å². The van der Waals surface area contributed by atoms with Gasteiger partial charge in [0.25, 0.3) is 0 Å². The molecule has 1 aromatic heterocycles. The van der Waals surface area contributed by atoms with Gasteiger partial charge in [-0.3, -0.25) is 9.48 Å². The van der Waals surface area contributed by atoms with E-state index in [0.29, 0.717) is 0 Å². The van der Waals surface area contributed by atoms with E-state index in [4.69, 9.17) is 0 Å². The van der Waals surface area contributed by atoms with Gasteiger partial charge < -0.3 is 9.80 Å². The fourth-order valence-electron chi connectivity index (χ4n) is 3.72. The minimum absolute atomic E-state index is 0.172. The quantitative estimate of drug-likeness (QED) is 0.767. The summed E-state index contributed by atoms with van der Waals surface area (Å²) in [5, 5.41) is 4.27. The number of hydrogen-bond acceptors (Lipinski definition) is 3. The smallest absolute Gasteiger partial charge is 0.247 e. The van der Waals surface area contributed by atoms with E-state index in [1.807, 2.05) is 17.2 Å². The molecule has 0 spiro atoms. The molecule has 3 rings (SSSR count). The van der Waals surface area contributed by atoms with Crippen LogP contribution in [0.3, 0.4) is 0 Å². The third kappa shape index (κ3) is 4.94. The average molecular weight is 354 g/mol. The van der Waals surface area contributed by atoms with Crippen molar-refractivity contribution in [1.29, 1.82) is 0 Å². The second-order valence-corrected chi connectivity index (χ2v) is 7.02. The summed E-state index contributed by atoms with van der Waals surface area (Å²) in [5.41, 5.74) is 1.41. The summed E-state index contributed by atoms with van der Waals surface area (Å²) in [4.78, 5) is 17.5. The number of carbonyl (C=O) groups is 1. The van der Waals surface area contributed by atoms with Crippen LogP contribution in [-0.2, 0) is 11.2 Å². The zero-order valence-corrected chi connectivity index (χ0v) is 15.8. The molecule has 0 aliphatic carbocycles. The maximum Gasteiger partial charge on any atom is 0.247 e. The normalized spacial score (nSPS) is 17.0. The van der Waals surface area contributed by atoms with Crippen molar-refractivity contribution < 1.29 is 4.79 Å². The Hall–Kier alpha value is -2.14. The number of amides is 1. The topological polar surface area (TPSA) is 41.4 Å². The zero-order valence-electron chi connectivity index (χ0n) is 15.8. The fraction of sp³-hybridized carbons (Fsp3) is 0.524. The summed E-state index contributed by atoms with van der Waals surface area (Å²) in [6, 6.07) is 12.4. The molecule has 1 aromatic carbocycles. The molecule has 5 nitrogen and oxygen atoms in total. The summed E-state index contributed by atoms with van der Waals surface area (Å²) in [5.74, 6) is 0.210. The maximum absolute atomic E-state index is 12.9. The van der Waals surface area contributed by atoms with E-state index in [0.717, 1.165) is 52.0 Å². The molecule has 0 N–H and O–H groups in total. The Morgan fingerprint density at radius 3 is 2.69 bits per heavy atom. The molecule has 26 heavy (non-hydrogen) atoms. The van der Waals surface area contributed by atoms with Crippen LogP contribution in [0.25, 0.3) is 0 Å². The highest BCUT2D eigenvalue weighted by atomic mass is 16.2. The maximum atomic E-state index is 12.9. The second-order valence-electron chi connectivity index (χ2n) is 7.02. The molecule has 0 radical (unpaired) electrons. The highest BCUT2D eigenvalue weighted by Gasteiger charge is 2.26. The van der Waals surface area contributed by atoms with Crippen molar-refractivity contribution in [3.63, 3.8) is 0 Å². The van der Waals surface area contributed by atoms with Crippen LogP contribution in [0.5, 0.6) is 0 Å². The number of hydrogen-bond donors (Lipinski definition) is 0. The zero-order chi connectivity index (χ0) is 18.2. The number of carbonyl (C=O) groups excluding carboxylic acids is 1. The fourth-order valence-corrected chi connectivity index (χ4v) is 3.72. The first-order valence-electron chi connectivity index (χ1n) is 9.82. The number of rotatable bonds is 7. The summed E-state index contributed by atoms with van der Waals surface area (Å²) in [7, 11) is 0. The van der Waals surface area contributed by atoms with Gasteiger partial charge in [-0.1, -0.05) is 37.3 Å². The Bertz CT molecular complexity index is 656. The third-order valence-electron chi connectivity index (χ3n) is 5.20. The molecule has 0 saturated carbocycles. The molecule has 2 heterocycles. The largest absolute Gasteiger partial charge is 0.340 e. The number of benzene rings is 1. The number of aryl methyl sites for hydroxylation is 1. The van der Waals surface area contributed by atoms with Crippen LogP contribution in [0.2, 0.25) is 0 Å². The second kappa shape index (κ2) is 9.53. The molecule has 1 saturated heterocycles.